The maximum Gasteiger partial charge on any atom is 0.0514 e. The lowest BCUT2D eigenvalue weighted by atomic mass is 9.77. The number of benzene rings is 1. The maximum atomic E-state index is 4.92. The van der Waals surface area contributed by atoms with Crippen molar-refractivity contribution in [1.82, 2.24) is 9.88 Å². The molecule has 2 atom stereocenters. The molecule has 2 unspecified atom stereocenters. The molecule has 4 rings (SSSR count). The van der Waals surface area contributed by atoms with Crippen LogP contribution in [0.5, 0.6) is 0 Å². The second-order valence-corrected chi connectivity index (χ2v) is 8.46. The summed E-state index contributed by atoms with van der Waals surface area (Å²) in [5.74, 6) is 1.10. The molecule has 1 fully saturated rings. The molecule has 0 saturated carbocycles. The number of aryl methyl sites for hydroxylation is 3. The number of rotatable bonds is 1. The van der Waals surface area contributed by atoms with Crippen molar-refractivity contribution in [1.29, 1.82) is 0 Å². The summed E-state index contributed by atoms with van der Waals surface area (Å²) in [5.41, 5.74) is 7.17. The van der Waals surface area contributed by atoms with Gasteiger partial charge in [-0.25, -0.2) is 0 Å². The Labute approximate surface area is 153 Å². The van der Waals surface area contributed by atoms with Gasteiger partial charge in [0.15, 0.2) is 0 Å². The summed E-state index contributed by atoms with van der Waals surface area (Å²) in [6.07, 6.45) is 6.81. The Bertz CT molecular complexity index is 702. The zero-order chi connectivity index (χ0) is 16.7. The standard InChI is InChI=1S/C21H25BrN2/c1-14-5-8-19-15(10-14)6-7-16-11-18(22)12-23-21(16)20(19)17-4-3-9-24(2)13-17/h5,8,10-12,17,20H,3-4,6-7,9,13H2,1-2H3. The van der Waals surface area contributed by atoms with E-state index in [-0.39, 0.29) is 0 Å². The smallest absolute Gasteiger partial charge is 0.0514 e. The van der Waals surface area contributed by atoms with E-state index in [1.807, 2.05) is 6.20 Å². The third-order valence-electron chi connectivity index (χ3n) is 5.69. The van der Waals surface area contributed by atoms with Gasteiger partial charge in [-0.05, 0) is 90.8 Å². The molecule has 0 spiro atoms. The fourth-order valence-electron chi connectivity index (χ4n) is 4.60. The first-order chi connectivity index (χ1) is 11.6. The molecule has 0 radical (unpaired) electrons. The van der Waals surface area contributed by atoms with Crippen LogP contribution in [0.2, 0.25) is 0 Å². The van der Waals surface area contributed by atoms with Crippen LogP contribution in [0.3, 0.4) is 0 Å². The first-order valence-electron chi connectivity index (χ1n) is 9.04. The average Bonchev–Trinajstić information content (AvgIpc) is 2.71. The van der Waals surface area contributed by atoms with Crippen LogP contribution in [0.15, 0.2) is 34.9 Å². The van der Waals surface area contributed by atoms with Crippen LogP contribution in [0.1, 0.15) is 46.7 Å². The van der Waals surface area contributed by atoms with E-state index in [2.05, 4.69) is 59.1 Å². The summed E-state index contributed by atoms with van der Waals surface area (Å²) in [6, 6.07) is 9.35. The minimum absolute atomic E-state index is 0.439. The molecule has 0 bridgehead atoms. The van der Waals surface area contributed by atoms with Crippen molar-refractivity contribution in [2.24, 2.45) is 5.92 Å². The van der Waals surface area contributed by atoms with Gasteiger partial charge in [-0.15, -0.1) is 0 Å². The van der Waals surface area contributed by atoms with E-state index >= 15 is 0 Å². The molecular weight excluding hydrogens is 360 g/mol. The molecule has 1 aliphatic heterocycles. The van der Waals surface area contributed by atoms with Gasteiger partial charge in [-0.3, -0.25) is 4.98 Å². The van der Waals surface area contributed by atoms with Gasteiger partial charge in [0, 0.05) is 23.1 Å². The van der Waals surface area contributed by atoms with Gasteiger partial charge in [0.1, 0.15) is 0 Å². The summed E-state index contributed by atoms with van der Waals surface area (Å²) in [7, 11) is 2.26. The normalized spacial score (nSPS) is 24.1. The summed E-state index contributed by atoms with van der Waals surface area (Å²) < 4.78 is 1.10. The SMILES string of the molecule is Cc1ccc2c(c1)CCc1cc(Br)cnc1C2C1CCCN(C)C1. The Balaban J connectivity index is 1.85. The molecule has 2 aliphatic rings. The number of fused-ring (bicyclic) bond motifs is 2. The highest BCUT2D eigenvalue weighted by Gasteiger charge is 2.33. The topological polar surface area (TPSA) is 16.1 Å². The highest BCUT2D eigenvalue weighted by atomic mass is 79.9. The molecule has 3 heteroatoms. The first kappa shape index (κ1) is 16.3. The van der Waals surface area contributed by atoms with Gasteiger partial charge in [0.25, 0.3) is 0 Å². The van der Waals surface area contributed by atoms with E-state index in [1.165, 1.54) is 53.9 Å². The molecule has 1 aromatic carbocycles. The van der Waals surface area contributed by atoms with Gasteiger partial charge >= 0.3 is 0 Å². The van der Waals surface area contributed by atoms with Crippen LogP contribution in [-0.2, 0) is 12.8 Å². The lowest BCUT2D eigenvalue weighted by Gasteiger charge is -2.36. The van der Waals surface area contributed by atoms with Crippen molar-refractivity contribution in [3.8, 4) is 0 Å². The van der Waals surface area contributed by atoms with Gasteiger partial charge in [-0.1, -0.05) is 23.8 Å². The quantitative estimate of drug-likeness (QED) is 0.706. The summed E-state index contributed by atoms with van der Waals surface area (Å²) in [5, 5.41) is 0. The maximum absolute atomic E-state index is 4.92. The number of nitrogens with zero attached hydrogens (tertiary/aromatic N) is 2. The van der Waals surface area contributed by atoms with Crippen molar-refractivity contribution in [2.45, 2.75) is 38.5 Å². The molecular formula is C21H25BrN2. The van der Waals surface area contributed by atoms with Crippen molar-refractivity contribution in [3.05, 3.63) is 62.9 Å². The Hall–Kier alpha value is -1.19. The van der Waals surface area contributed by atoms with Crippen molar-refractivity contribution in [3.63, 3.8) is 0 Å². The van der Waals surface area contributed by atoms with Crippen LogP contribution in [0.4, 0.5) is 0 Å². The molecule has 0 amide bonds. The zero-order valence-electron chi connectivity index (χ0n) is 14.6. The summed E-state index contributed by atoms with van der Waals surface area (Å²) in [6.45, 7) is 4.61. The molecule has 1 aromatic heterocycles. The second kappa shape index (κ2) is 6.61. The third kappa shape index (κ3) is 3.04. The first-order valence-corrected chi connectivity index (χ1v) is 9.83. The monoisotopic (exact) mass is 384 g/mol. The number of halogens is 1. The zero-order valence-corrected chi connectivity index (χ0v) is 16.1. The molecule has 126 valence electrons. The molecule has 24 heavy (non-hydrogen) atoms. The van der Waals surface area contributed by atoms with E-state index in [4.69, 9.17) is 4.98 Å². The van der Waals surface area contributed by atoms with Gasteiger partial charge < -0.3 is 4.90 Å². The van der Waals surface area contributed by atoms with E-state index in [1.54, 1.807) is 0 Å². The van der Waals surface area contributed by atoms with E-state index in [0.717, 1.165) is 17.3 Å². The molecule has 0 N–H and O–H groups in total. The Morgan fingerprint density at radius 3 is 2.83 bits per heavy atom. The fraction of sp³-hybridized carbons (Fsp3) is 0.476. The van der Waals surface area contributed by atoms with Crippen LogP contribution >= 0.6 is 15.9 Å². The predicted molar refractivity (Wildman–Crippen MR) is 103 cm³/mol. The lowest BCUT2D eigenvalue weighted by molar-refractivity contribution is 0.195. The molecule has 2 nitrogen and oxygen atoms in total. The molecule has 1 aliphatic carbocycles. The summed E-state index contributed by atoms with van der Waals surface area (Å²) >= 11 is 3.62. The number of hydrogen-bond acceptors (Lipinski definition) is 2. The number of piperidine rings is 1. The van der Waals surface area contributed by atoms with Gasteiger partial charge in [-0.2, -0.15) is 0 Å². The van der Waals surface area contributed by atoms with Crippen molar-refractivity contribution in [2.75, 3.05) is 20.1 Å². The minimum atomic E-state index is 0.439. The third-order valence-corrected chi connectivity index (χ3v) is 6.13. The van der Waals surface area contributed by atoms with E-state index in [0.29, 0.717) is 11.8 Å². The van der Waals surface area contributed by atoms with Crippen molar-refractivity contribution < 1.29 is 0 Å². The van der Waals surface area contributed by atoms with Crippen LogP contribution in [0, 0.1) is 12.8 Å². The van der Waals surface area contributed by atoms with Crippen LogP contribution in [0.25, 0.3) is 0 Å². The van der Waals surface area contributed by atoms with E-state index < -0.39 is 0 Å². The number of aromatic nitrogens is 1. The average molecular weight is 385 g/mol. The van der Waals surface area contributed by atoms with Crippen LogP contribution in [-0.4, -0.2) is 30.0 Å². The van der Waals surface area contributed by atoms with Crippen LogP contribution < -0.4 is 0 Å². The molecule has 2 heterocycles. The Morgan fingerprint density at radius 1 is 1.17 bits per heavy atom. The number of pyridine rings is 1. The molecule has 1 saturated heterocycles. The highest BCUT2D eigenvalue weighted by Crippen LogP contribution is 2.42. The van der Waals surface area contributed by atoms with Gasteiger partial charge in [0.2, 0.25) is 0 Å². The largest absolute Gasteiger partial charge is 0.306 e. The number of hydrogen-bond donors (Lipinski definition) is 0. The van der Waals surface area contributed by atoms with Gasteiger partial charge in [0.05, 0.1) is 5.69 Å². The summed E-state index contributed by atoms with van der Waals surface area (Å²) in [4.78, 5) is 7.41. The van der Waals surface area contributed by atoms with E-state index in [9.17, 15) is 0 Å². The molecule has 2 aromatic rings. The minimum Gasteiger partial charge on any atom is -0.306 e. The number of likely N-dealkylation sites (tertiary alicyclic amines) is 1. The second-order valence-electron chi connectivity index (χ2n) is 7.54. The fourth-order valence-corrected chi connectivity index (χ4v) is 4.98. The Morgan fingerprint density at radius 2 is 2.00 bits per heavy atom. The lowest BCUT2D eigenvalue weighted by Crippen LogP contribution is -2.35. The predicted octanol–water partition coefficient (Wildman–Crippen LogP) is 4.72. The Kier molecular flexibility index (Phi) is 4.48. The van der Waals surface area contributed by atoms with Crippen molar-refractivity contribution >= 4 is 15.9 Å². The highest BCUT2D eigenvalue weighted by molar-refractivity contribution is 9.10.